The maximum absolute atomic E-state index is 12.4. The van der Waals surface area contributed by atoms with E-state index in [4.69, 9.17) is 9.63 Å². The lowest BCUT2D eigenvalue weighted by molar-refractivity contribution is 0.0685. The highest BCUT2D eigenvalue weighted by atomic mass is 19.3. The van der Waals surface area contributed by atoms with Crippen molar-refractivity contribution in [2.45, 2.75) is 12.8 Å². The molecule has 0 spiro atoms. The van der Waals surface area contributed by atoms with Gasteiger partial charge in [-0.15, -0.1) is 0 Å². The maximum atomic E-state index is 12.4. The Morgan fingerprint density at radius 3 is 2.72 bits per heavy atom. The van der Waals surface area contributed by atoms with Gasteiger partial charge in [0.15, 0.2) is 11.5 Å². The predicted octanol–water partition coefficient (Wildman–Crippen LogP) is 2.85. The van der Waals surface area contributed by atoms with Crippen LogP contribution >= 0.6 is 0 Å². The average Bonchev–Trinajstić information content (AvgIpc) is 2.78. The molecule has 0 aliphatic rings. The summed E-state index contributed by atoms with van der Waals surface area (Å²) in [5.41, 5.74) is 0.565. The fraction of sp³-hybridized carbons (Fsp3) is 0.167. The fourth-order valence-corrected chi connectivity index (χ4v) is 1.61. The molecule has 2 aromatic rings. The standard InChI is InChI=1S/C12H9F2NO3/c13-11(14)5-7-3-1-2-4-8(7)10-6-9(12(16)17)15-18-10/h1-4,6,11H,5H2,(H,16,17). The van der Waals surface area contributed by atoms with Crippen LogP contribution in [0.15, 0.2) is 34.9 Å². The number of hydrogen-bond donors (Lipinski definition) is 1. The van der Waals surface area contributed by atoms with E-state index >= 15 is 0 Å². The van der Waals surface area contributed by atoms with Crippen LogP contribution in [0.5, 0.6) is 0 Å². The first-order valence-electron chi connectivity index (χ1n) is 5.14. The van der Waals surface area contributed by atoms with Crippen LogP contribution in [0.4, 0.5) is 8.78 Å². The SMILES string of the molecule is O=C(O)c1cc(-c2ccccc2CC(F)F)on1. The van der Waals surface area contributed by atoms with E-state index in [0.29, 0.717) is 11.1 Å². The summed E-state index contributed by atoms with van der Waals surface area (Å²) in [5, 5.41) is 12.1. The molecule has 1 N–H and O–H groups in total. The van der Waals surface area contributed by atoms with Gasteiger partial charge in [0.1, 0.15) is 0 Å². The molecular formula is C12H9F2NO3. The topological polar surface area (TPSA) is 63.3 Å². The third-order valence-corrected chi connectivity index (χ3v) is 2.39. The van der Waals surface area contributed by atoms with Crippen LogP contribution in [0.3, 0.4) is 0 Å². The van der Waals surface area contributed by atoms with Crippen molar-refractivity contribution in [2.24, 2.45) is 0 Å². The number of benzene rings is 1. The minimum Gasteiger partial charge on any atom is -0.476 e. The number of carbonyl (C=O) groups is 1. The zero-order valence-corrected chi connectivity index (χ0v) is 9.14. The molecule has 4 nitrogen and oxygen atoms in total. The average molecular weight is 253 g/mol. The molecule has 0 amide bonds. The summed E-state index contributed by atoms with van der Waals surface area (Å²) >= 11 is 0. The molecule has 0 saturated heterocycles. The Morgan fingerprint density at radius 1 is 1.39 bits per heavy atom. The van der Waals surface area contributed by atoms with Crippen LogP contribution < -0.4 is 0 Å². The van der Waals surface area contributed by atoms with Gasteiger partial charge in [-0.05, 0) is 5.56 Å². The number of carboxylic acids is 1. The zero-order chi connectivity index (χ0) is 13.1. The first-order valence-corrected chi connectivity index (χ1v) is 5.14. The molecule has 18 heavy (non-hydrogen) atoms. The number of nitrogens with zero attached hydrogens (tertiary/aromatic N) is 1. The lowest BCUT2D eigenvalue weighted by Crippen LogP contribution is -1.98. The van der Waals surface area contributed by atoms with Crippen molar-refractivity contribution >= 4 is 5.97 Å². The molecule has 0 unspecified atom stereocenters. The molecule has 0 radical (unpaired) electrons. The number of hydrogen-bond acceptors (Lipinski definition) is 3. The first kappa shape index (κ1) is 12.2. The fourth-order valence-electron chi connectivity index (χ4n) is 1.61. The van der Waals surface area contributed by atoms with Crippen molar-refractivity contribution in [1.29, 1.82) is 0 Å². The lowest BCUT2D eigenvalue weighted by Gasteiger charge is -2.05. The van der Waals surface area contributed by atoms with Gasteiger partial charge in [0, 0.05) is 18.1 Å². The van der Waals surface area contributed by atoms with E-state index in [1.807, 2.05) is 0 Å². The number of halogens is 2. The Balaban J connectivity index is 2.39. The molecule has 1 aromatic carbocycles. The second-order valence-corrected chi connectivity index (χ2v) is 3.63. The highest BCUT2D eigenvalue weighted by Crippen LogP contribution is 2.26. The van der Waals surface area contributed by atoms with Crippen molar-refractivity contribution < 1.29 is 23.2 Å². The van der Waals surface area contributed by atoms with Gasteiger partial charge >= 0.3 is 5.97 Å². The lowest BCUT2D eigenvalue weighted by atomic mass is 10.0. The monoisotopic (exact) mass is 253 g/mol. The second-order valence-electron chi connectivity index (χ2n) is 3.63. The number of aromatic nitrogens is 1. The van der Waals surface area contributed by atoms with E-state index in [9.17, 15) is 13.6 Å². The Morgan fingerprint density at radius 2 is 2.11 bits per heavy atom. The molecule has 0 saturated carbocycles. The van der Waals surface area contributed by atoms with Crippen molar-refractivity contribution in [3.8, 4) is 11.3 Å². The summed E-state index contributed by atoms with van der Waals surface area (Å²) in [4.78, 5) is 10.7. The second kappa shape index (κ2) is 4.95. The molecule has 2 rings (SSSR count). The van der Waals surface area contributed by atoms with Crippen LogP contribution in [0.1, 0.15) is 16.1 Å². The number of alkyl halides is 2. The van der Waals surface area contributed by atoms with Gasteiger partial charge < -0.3 is 9.63 Å². The summed E-state index contributed by atoms with van der Waals surface area (Å²) in [6.07, 6.45) is -2.90. The van der Waals surface area contributed by atoms with Gasteiger partial charge in [0.25, 0.3) is 0 Å². The van der Waals surface area contributed by atoms with Crippen molar-refractivity contribution in [2.75, 3.05) is 0 Å². The van der Waals surface area contributed by atoms with Crippen LogP contribution in [0.2, 0.25) is 0 Å². The largest absolute Gasteiger partial charge is 0.476 e. The van der Waals surface area contributed by atoms with Gasteiger partial charge in [-0.25, -0.2) is 13.6 Å². The molecule has 0 aliphatic heterocycles. The van der Waals surface area contributed by atoms with Crippen LogP contribution in [-0.2, 0) is 6.42 Å². The summed E-state index contributed by atoms with van der Waals surface area (Å²) in [7, 11) is 0. The minimum atomic E-state index is -2.48. The van der Waals surface area contributed by atoms with Gasteiger partial charge in [-0.2, -0.15) is 0 Å². The third kappa shape index (κ3) is 2.53. The Kier molecular flexibility index (Phi) is 3.36. The predicted molar refractivity (Wildman–Crippen MR) is 58.6 cm³/mol. The minimum absolute atomic E-state index is 0.170. The summed E-state index contributed by atoms with van der Waals surface area (Å²) in [5.74, 6) is -1.06. The molecule has 1 aromatic heterocycles. The summed E-state index contributed by atoms with van der Waals surface area (Å²) in [6, 6.07) is 7.64. The molecule has 0 aliphatic carbocycles. The van der Waals surface area contributed by atoms with E-state index in [1.165, 1.54) is 6.07 Å². The molecular weight excluding hydrogens is 244 g/mol. The molecule has 0 atom stereocenters. The number of rotatable bonds is 4. The molecule has 6 heteroatoms. The highest BCUT2D eigenvalue weighted by molar-refractivity contribution is 5.86. The first-order chi connectivity index (χ1) is 8.58. The zero-order valence-electron chi connectivity index (χ0n) is 9.14. The Bertz CT molecular complexity index is 566. The van der Waals surface area contributed by atoms with Crippen LogP contribution in [0.25, 0.3) is 11.3 Å². The van der Waals surface area contributed by atoms with E-state index in [2.05, 4.69) is 5.16 Å². The Labute approximate surface area is 101 Å². The molecule has 1 heterocycles. The van der Waals surface area contributed by atoms with Gasteiger partial charge in [0.2, 0.25) is 6.43 Å². The van der Waals surface area contributed by atoms with Crippen molar-refractivity contribution in [3.05, 3.63) is 41.6 Å². The smallest absolute Gasteiger partial charge is 0.358 e. The van der Waals surface area contributed by atoms with E-state index in [-0.39, 0.29) is 11.5 Å². The molecule has 94 valence electrons. The molecule has 0 bridgehead atoms. The van der Waals surface area contributed by atoms with Gasteiger partial charge in [-0.3, -0.25) is 0 Å². The van der Waals surface area contributed by atoms with Crippen LogP contribution in [-0.4, -0.2) is 22.7 Å². The maximum Gasteiger partial charge on any atom is 0.358 e. The number of carboxylic acid groups (broad SMARTS) is 1. The summed E-state index contributed by atoms with van der Waals surface area (Å²) in [6.45, 7) is 0. The van der Waals surface area contributed by atoms with E-state index < -0.39 is 18.8 Å². The van der Waals surface area contributed by atoms with E-state index in [0.717, 1.165) is 0 Å². The Hall–Kier alpha value is -2.24. The van der Waals surface area contributed by atoms with E-state index in [1.54, 1.807) is 24.3 Å². The van der Waals surface area contributed by atoms with Gasteiger partial charge in [-0.1, -0.05) is 29.4 Å². The van der Waals surface area contributed by atoms with Crippen LogP contribution in [0, 0.1) is 0 Å². The van der Waals surface area contributed by atoms with Crippen molar-refractivity contribution in [1.82, 2.24) is 5.16 Å². The summed E-state index contributed by atoms with van der Waals surface area (Å²) < 4.78 is 29.7. The third-order valence-electron chi connectivity index (χ3n) is 2.39. The van der Waals surface area contributed by atoms with Crippen molar-refractivity contribution in [3.63, 3.8) is 0 Å². The molecule has 0 fully saturated rings. The quantitative estimate of drug-likeness (QED) is 0.909. The highest BCUT2D eigenvalue weighted by Gasteiger charge is 2.16. The number of aromatic carboxylic acids is 1. The normalized spacial score (nSPS) is 10.8. The van der Waals surface area contributed by atoms with Gasteiger partial charge in [0.05, 0.1) is 0 Å².